The van der Waals surface area contributed by atoms with Gasteiger partial charge in [-0.2, -0.15) is 0 Å². The Morgan fingerprint density at radius 3 is 2.55 bits per heavy atom. The molecule has 5 heteroatoms. The largest absolute Gasteiger partial charge is 0.491 e. The summed E-state index contributed by atoms with van der Waals surface area (Å²) in [7, 11) is 0. The van der Waals surface area contributed by atoms with Crippen molar-refractivity contribution in [1.29, 1.82) is 0 Å². The first kappa shape index (κ1) is 16.8. The fourth-order valence-corrected chi connectivity index (χ4v) is 2.82. The number of nitrogens with two attached hydrogens (primary N) is 1. The molecule has 1 aromatic rings. The van der Waals surface area contributed by atoms with Crippen molar-refractivity contribution >= 4 is 5.91 Å². The summed E-state index contributed by atoms with van der Waals surface area (Å²) in [6.07, 6.45) is 1.38. The predicted molar refractivity (Wildman–Crippen MR) is 86.0 cm³/mol. The monoisotopic (exact) mass is 306 g/mol. The van der Waals surface area contributed by atoms with Gasteiger partial charge in [-0.25, -0.2) is 0 Å². The van der Waals surface area contributed by atoms with E-state index in [0.29, 0.717) is 45.8 Å². The Bertz CT molecular complexity index is 490. The molecule has 0 aromatic heterocycles. The molecule has 3 N–H and O–H groups in total. The van der Waals surface area contributed by atoms with Crippen LogP contribution < -0.4 is 15.8 Å². The van der Waals surface area contributed by atoms with E-state index in [-0.39, 0.29) is 5.91 Å². The highest BCUT2D eigenvalue weighted by atomic mass is 16.5. The summed E-state index contributed by atoms with van der Waals surface area (Å²) in [4.78, 5) is 12.4. The van der Waals surface area contributed by atoms with Crippen LogP contribution in [0.5, 0.6) is 5.75 Å². The van der Waals surface area contributed by atoms with E-state index >= 15 is 0 Å². The van der Waals surface area contributed by atoms with Gasteiger partial charge in [-0.15, -0.1) is 0 Å². The van der Waals surface area contributed by atoms with Crippen LogP contribution in [0.15, 0.2) is 18.2 Å². The molecule has 0 aliphatic carbocycles. The van der Waals surface area contributed by atoms with Crippen LogP contribution in [0, 0.1) is 19.3 Å². The Labute approximate surface area is 132 Å². The molecule has 1 aromatic carbocycles. The summed E-state index contributed by atoms with van der Waals surface area (Å²) in [6.45, 7) is 6.54. The molecule has 5 nitrogen and oxygen atoms in total. The average Bonchev–Trinajstić information content (AvgIpc) is 2.54. The first-order valence-electron chi connectivity index (χ1n) is 7.84. The van der Waals surface area contributed by atoms with Gasteiger partial charge in [0.05, 0.1) is 12.0 Å². The third-order valence-electron chi connectivity index (χ3n) is 4.37. The molecule has 1 aliphatic rings. The minimum atomic E-state index is -0.475. The van der Waals surface area contributed by atoms with Crippen molar-refractivity contribution in [3.05, 3.63) is 29.3 Å². The van der Waals surface area contributed by atoms with E-state index in [9.17, 15) is 4.79 Å². The molecule has 122 valence electrons. The number of ether oxygens (including phenoxy) is 2. The second-order valence-electron chi connectivity index (χ2n) is 5.92. The summed E-state index contributed by atoms with van der Waals surface area (Å²) in [5.41, 5.74) is 7.56. The fraction of sp³-hybridized carbons (Fsp3) is 0.588. The molecule has 1 aliphatic heterocycles. The molecule has 0 radical (unpaired) electrons. The number of rotatable bonds is 6. The van der Waals surface area contributed by atoms with Crippen molar-refractivity contribution in [2.24, 2.45) is 11.1 Å². The van der Waals surface area contributed by atoms with Gasteiger partial charge < -0.3 is 20.5 Å². The lowest BCUT2D eigenvalue weighted by Crippen LogP contribution is -2.49. The van der Waals surface area contributed by atoms with Crippen LogP contribution >= 0.6 is 0 Å². The van der Waals surface area contributed by atoms with Crippen molar-refractivity contribution in [2.45, 2.75) is 26.7 Å². The third-order valence-corrected chi connectivity index (χ3v) is 4.37. The van der Waals surface area contributed by atoms with Gasteiger partial charge in [0, 0.05) is 19.8 Å². The van der Waals surface area contributed by atoms with Crippen LogP contribution in [0.3, 0.4) is 0 Å². The minimum absolute atomic E-state index is 0.0170. The second kappa shape index (κ2) is 7.61. The van der Waals surface area contributed by atoms with Crippen molar-refractivity contribution in [1.82, 2.24) is 5.32 Å². The van der Waals surface area contributed by atoms with Crippen LogP contribution in [-0.4, -0.2) is 38.8 Å². The molecule has 0 saturated carbocycles. The van der Waals surface area contributed by atoms with Gasteiger partial charge in [0.25, 0.3) is 0 Å². The van der Waals surface area contributed by atoms with Gasteiger partial charge in [0.1, 0.15) is 12.4 Å². The molecule has 1 amide bonds. The number of amides is 1. The minimum Gasteiger partial charge on any atom is -0.491 e. The predicted octanol–water partition coefficient (Wildman–Crippen LogP) is 1.55. The highest BCUT2D eigenvalue weighted by Crippen LogP contribution is 2.29. The zero-order chi connectivity index (χ0) is 16.0. The summed E-state index contributed by atoms with van der Waals surface area (Å²) in [5, 5.41) is 2.95. The number of nitrogens with one attached hydrogen (secondary N) is 1. The van der Waals surface area contributed by atoms with Crippen molar-refractivity contribution < 1.29 is 14.3 Å². The Morgan fingerprint density at radius 1 is 1.32 bits per heavy atom. The molecule has 1 fully saturated rings. The topological polar surface area (TPSA) is 73.6 Å². The smallest absolute Gasteiger partial charge is 0.227 e. The quantitative estimate of drug-likeness (QED) is 0.782. The Morgan fingerprint density at radius 2 is 1.95 bits per heavy atom. The maximum absolute atomic E-state index is 12.4. The van der Waals surface area contributed by atoms with E-state index in [1.807, 2.05) is 32.0 Å². The van der Waals surface area contributed by atoms with E-state index in [1.165, 1.54) is 0 Å². The highest BCUT2D eigenvalue weighted by Gasteiger charge is 2.38. The zero-order valence-corrected chi connectivity index (χ0v) is 13.5. The van der Waals surface area contributed by atoms with Gasteiger partial charge in [-0.3, -0.25) is 4.79 Å². The molecule has 0 spiro atoms. The van der Waals surface area contributed by atoms with Gasteiger partial charge in [-0.05, 0) is 37.8 Å². The van der Waals surface area contributed by atoms with Crippen LogP contribution in [0.4, 0.5) is 0 Å². The number of carbonyl (C=O) groups excluding carboxylic acids is 1. The Kier molecular flexibility index (Phi) is 5.80. The number of para-hydroxylation sites is 1. The number of aryl methyl sites for hydroxylation is 2. The van der Waals surface area contributed by atoms with Gasteiger partial charge in [0.2, 0.25) is 5.91 Å². The summed E-state index contributed by atoms with van der Waals surface area (Å²) >= 11 is 0. The van der Waals surface area contributed by atoms with Crippen LogP contribution in [0.1, 0.15) is 24.0 Å². The molecule has 2 rings (SSSR count). The molecule has 0 unspecified atom stereocenters. The lowest BCUT2D eigenvalue weighted by molar-refractivity contribution is -0.136. The van der Waals surface area contributed by atoms with Crippen LogP contribution in [0.2, 0.25) is 0 Å². The van der Waals surface area contributed by atoms with Gasteiger partial charge >= 0.3 is 0 Å². The third kappa shape index (κ3) is 3.78. The van der Waals surface area contributed by atoms with Crippen LogP contribution in [0.25, 0.3) is 0 Å². The highest BCUT2D eigenvalue weighted by molar-refractivity contribution is 5.83. The summed E-state index contributed by atoms with van der Waals surface area (Å²) in [6, 6.07) is 6.05. The average molecular weight is 306 g/mol. The van der Waals surface area contributed by atoms with Crippen molar-refractivity contribution in [2.75, 3.05) is 32.9 Å². The Balaban J connectivity index is 1.82. The molecule has 1 saturated heterocycles. The maximum atomic E-state index is 12.4. The number of hydrogen-bond donors (Lipinski definition) is 2. The normalized spacial score (nSPS) is 17.0. The second-order valence-corrected chi connectivity index (χ2v) is 5.92. The van der Waals surface area contributed by atoms with E-state index < -0.39 is 5.41 Å². The molecule has 0 atom stereocenters. The summed E-state index contributed by atoms with van der Waals surface area (Å²) < 4.78 is 11.1. The zero-order valence-electron chi connectivity index (χ0n) is 13.5. The number of carbonyl (C=O) groups is 1. The van der Waals surface area contributed by atoms with E-state index in [0.717, 1.165) is 16.9 Å². The molecule has 0 bridgehead atoms. The van der Waals surface area contributed by atoms with E-state index in [4.69, 9.17) is 15.2 Å². The fourth-order valence-electron chi connectivity index (χ4n) is 2.82. The van der Waals surface area contributed by atoms with E-state index in [1.54, 1.807) is 0 Å². The Hall–Kier alpha value is -1.59. The lowest BCUT2D eigenvalue weighted by atomic mass is 9.79. The molecule has 1 heterocycles. The van der Waals surface area contributed by atoms with Crippen molar-refractivity contribution in [3.63, 3.8) is 0 Å². The first-order chi connectivity index (χ1) is 10.6. The molecule has 22 heavy (non-hydrogen) atoms. The number of hydrogen-bond acceptors (Lipinski definition) is 4. The van der Waals surface area contributed by atoms with Crippen molar-refractivity contribution in [3.8, 4) is 5.75 Å². The SMILES string of the molecule is Cc1cccc(C)c1OCCNC(=O)C1(CN)CCOCC1. The molecular formula is C17H26N2O3. The maximum Gasteiger partial charge on any atom is 0.227 e. The first-order valence-corrected chi connectivity index (χ1v) is 7.84. The van der Waals surface area contributed by atoms with Gasteiger partial charge in [0.15, 0.2) is 0 Å². The van der Waals surface area contributed by atoms with Gasteiger partial charge in [-0.1, -0.05) is 18.2 Å². The number of benzene rings is 1. The lowest BCUT2D eigenvalue weighted by Gasteiger charge is -2.34. The standard InChI is InChI=1S/C17H26N2O3/c1-13-4-3-5-14(2)15(13)22-11-8-19-16(20)17(12-18)6-9-21-10-7-17/h3-5H,6-12,18H2,1-2H3,(H,19,20). The van der Waals surface area contributed by atoms with Crippen LogP contribution in [-0.2, 0) is 9.53 Å². The summed E-state index contributed by atoms with van der Waals surface area (Å²) in [5.74, 6) is 0.916. The molecular weight excluding hydrogens is 280 g/mol. The van der Waals surface area contributed by atoms with E-state index in [2.05, 4.69) is 5.32 Å².